The summed E-state index contributed by atoms with van der Waals surface area (Å²) >= 11 is 0. The lowest BCUT2D eigenvalue weighted by atomic mass is 9.46. The van der Waals surface area contributed by atoms with E-state index in [4.69, 9.17) is 4.74 Å². The molecule has 3 nitrogen and oxygen atoms in total. The van der Waals surface area contributed by atoms with Gasteiger partial charge in [0.05, 0.1) is 13.2 Å². The van der Waals surface area contributed by atoms with Gasteiger partial charge in [-0.25, -0.2) is 0 Å². The Morgan fingerprint density at radius 3 is 2.67 bits per heavy atom. The normalized spacial score (nSPS) is 36.8. The summed E-state index contributed by atoms with van der Waals surface area (Å²) in [6, 6.07) is 0. The molecule has 3 heteroatoms. The summed E-state index contributed by atoms with van der Waals surface area (Å²) in [7, 11) is 1.45. The van der Waals surface area contributed by atoms with Crippen LogP contribution in [0.4, 0.5) is 0 Å². The number of carbonyl (C=O) groups is 1. The molecule has 0 aliphatic heterocycles. The van der Waals surface area contributed by atoms with Gasteiger partial charge in [0.25, 0.3) is 0 Å². The maximum absolute atomic E-state index is 11.5. The first kappa shape index (κ1) is 19.5. The molecule has 0 aromatic heterocycles. The van der Waals surface area contributed by atoms with Crippen molar-refractivity contribution in [1.82, 2.24) is 0 Å². The van der Waals surface area contributed by atoms with Crippen molar-refractivity contribution in [3.63, 3.8) is 0 Å². The number of ether oxygens (including phenoxy) is 1. The zero-order chi connectivity index (χ0) is 18.1. The third kappa shape index (κ3) is 3.71. The molecule has 0 heterocycles. The number of rotatable bonds is 5. The van der Waals surface area contributed by atoms with Gasteiger partial charge in [0.2, 0.25) is 0 Å². The molecule has 2 aliphatic carbocycles. The first-order valence-electron chi connectivity index (χ1n) is 9.55. The van der Waals surface area contributed by atoms with Crippen molar-refractivity contribution in [1.29, 1.82) is 0 Å². The molecule has 0 aromatic carbocycles. The number of carbonyl (C=O) groups excluding carboxylic acids is 1. The minimum Gasteiger partial charge on any atom is -0.469 e. The Hall–Kier alpha value is -0.830. The number of hydrogen-bond donors (Lipinski definition) is 1. The van der Waals surface area contributed by atoms with Crippen LogP contribution >= 0.6 is 0 Å². The molecule has 0 amide bonds. The van der Waals surface area contributed by atoms with E-state index in [0.29, 0.717) is 24.2 Å². The van der Waals surface area contributed by atoms with Gasteiger partial charge in [0, 0.05) is 6.42 Å². The summed E-state index contributed by atoms with van der Waals surface area (Å²) in [5.41, 5.74) is 1.53. The SMILES string of the molecule is C=C1C(O)CC2C(C)(C)CCCC2(C)C1CCC(C)CC(=O)OC. The van der Waals surface area contributed by atoms with E-state index in [0.717, 1.165) is 24.8 Å². The van der Waals surface area contributed by atoms with Crippen molar-refractivity contribution in [2.45, 2.75) is 78.7 Å². The van der Waals surface area contributed by atoms with Crippen LogP contribution in [-0.4, -0.2) is 24.3 Å². The maximum atomic E-state index is 11.5. The molecule has 0 saturated heterocycles. The van der Waals surface area contributed by atoms with E-state index in [1.807, 2.05) is 0 Å². The van der Waals surface area contributed by atoms with E-state index in [9.17, 15) is 9.90 Å². The molecule has 0 spiro atoms. The lowest BCUT2D eigenvalue weighted by Gasteiger charge is -2.59. The quantitative estimate of drug-likeness (QED) is 0.583. The number of fused-ring (bicyclic) bond motifs is 1. The average Bonchev–Trinajstić information content (AvgIpc) is 2.49. The Kier molecular flexibility index (Phi) is 5.84. The average molecular weight is 337 g/mol. The third-order valence-corrected chi connectivity index (χ3v) is 7.10. The minimum atomic E-state index is -0.374. The summed E-state index contributed by atoms with van der Waals surface area (Å²) in [5.74, 6) is 1.07. The Bertz CT molecular complexity index is 481. The van der Waals surface area contributed by atoms with Gasteiger partial charge in [-0.15, -0.1) is 0 Å². The summed E-state index contributed by atoms with van der Waals surface area (Å²) in [6.07, 6.45) is 6.69. The molecule has 24 heavy (non-hydrogen) atoms. The van der Waals surface area contributed by atoms with Crippen molar-refractivity contribution in [2.24, 2.45) is 28.6 Å². The molecular formula is C21H36O3. The largest absolute Gasteiger partial charge is 0.469 e. The fourth-order valence-corrected chi connectivity index (χ4v) is 5.64. The lowest BCUT2D eigenvalue weighted by Crippen LogP contribution is -2.52. The van der Waals surface area contributed by atoms with E-state index in [-0.39, 0.29) is 22.9 Å². The Morgan fingerprint density at radius 2 is 2.04 bits per heavy atom. The van der Waals surface area contributed by atoms with Gasteiger partial charge in [-0.3, -0.25) is 4.79 Å². The van der Waals surface area contributed by atoms with E-state index in [2.05, 4.69) is 34.3 Å². The second-order valence-electron chi connectivity index (χ2n) is 9.24. The van der Waals surface area contributed by atoms with Crippen molar-refractivity contribution in [3.8, 4) is 0 Å². The maximum Gasteiger partial charge on any atom is 0.305 e. The zero-order valence-electron chi connectivity index (χ0n) is 16.2. The number of aliphatic hydroxyl groups excluding tert-OH is 1. The Balaban J connectivity index is 2.13. The summed E-state index contributed by atoms with van der Waals surface area (Å²) < 4.78 is 4.79. The van der Waals surface area contributed by atoms with Gasteiger partial charge in [0.15, 0.2) is 0 Å². The highest BCUT2D eigenvalue weighted by Crippen LogP contribution is 2.61. The number of methoxy groups -OCH3 is 1. The minimum absolute atomic E-state index is 0.132. The molecule has 2 saturated carbocycles. The molecule has 0 radical (unpaired) electrons. The zero-order valence-corrected chi connectivity index (χ0v) is 16.2. The summed E-state index contributed by atoms with van der Waals surface area (Å²) in [4.78, 5) is 11.5. The van der Waals surface area contributed by atoms with Crippen molar-refractivity contribution < 1.29 is 14.6 Å². The van der Waals surface area contributed by atoms with Gasteiger partial charge in [0.1, 0.15) is 0 Å². The van der Waals surface area contributed by atoms with Crippen LogP contribution in [0.3, 0.4) is 0 Å². The van der Waals surface area contributed by atoms with E-state index >= 15 is 0 Å². The van der Waals surface area contributed by atoms with Crippen LogP contribution in [0.25, 0.3) is 0 Å². The highest BCUT2D eigenvalue weighted by atomic mass is 16.5. The molecule has 2 aliphatic rings. The predicted molar refractivity (Wildman–Crippen MR) is 97.5 cm³/mol. The molecule has 5 atom stereocenters. The number of aliphatic hydroxyl groups is 1. The fraction of sp³-hybridized carbons (Fsp3) is 0.857. The van der Waals surface area contributed by atoms with Crippen LogP contribution < -0.4 is 0 Å². The number of esters is 1. The van der Waals surface area contributed by atoms with E-state index in [1.54, 1.807) is 0 Å². The predicted octanol–water partition coefficient (Wildman–Crippen LogP) is 4.74. The Morgan fingerprint density at radius 1 is 1.38 bits per heavy atom. The smallest absolute Gasteiger partial charge is 0.305 e. The second kappa shape index (κ2) is 7.19. The molecule has 1 N–H and O–H groups in total. The fourth-order valence-electron chi connectivity index (χ4n) is 5.64. The molecule has 2 fully saturated rings. The Labute approximate surface area is 147 Å². The van der Waals surface area contributed by atoms with Gasteiger partial charge < -0.3 is 9.84 Å². The monoisotopic (exact) mass is 336 g/mol. The van der Waals surface area contributed by atoms with Gasteiger partial charge >= 0.3 is 5.97 Å². The van der Waals surface area contributed by atoms with Crippen molar-refractivity contribution in [3.05, 3.63) is 12.2 Å². The van der Waals surface area contributed by atoms with Crippen molar-refractivity contribution in [2.75, 3.05) is 7.11 Å². The van der Waals surface area contributed by atoms with Gasteiger partial charge in [-0.2, -0.15) is 0 Å². The number of hydrogen-bond acceptors (Lipinski definition) is 3. The highest BCUT2D eigenvalue weighted by molar-refractivity contribution is 5.69. The molecule has 0 aromatic rings. The van der Waals surface area contributed by atoms with Gasteiger partial charge in [-0.05, 0) is 66.3 Å². The molecule has 0 bridgehead atoms. The van der Waals surface area contributed by atoms with Crippen LogP contribution in [0.5, 0.6) is 0 Å². The summed E-state index contributed by atoms with van der Waals surface area (Å²) in [5, 5.41) is 10.6. The summed E-state index contributed by atoms with van der Waals surface area (Å²) in [6.45, 7) is 13.5. The second-order valence-corrected chi connectivity index (χ2v) is 9.24. The van der Waals surface area contributed by atoms with Crippen LogP contribution in [0.1, 0.15) is 72.6 Å². The molecule has 138 valence electrons. The van der Waals surface area contributed by atoms with Crippen LogP contribution in [0.2, 0.25) is 0 Å². The molecular weight excluding hydrogens is 300 g/mol. The first-order chi connectivity index (χ1) is 11.1. The van der Waals surface area contributed by atoms with Gasteiger partial charge in [-0.1, -0.05) is 40.7 Å². The molecule has 2 rings (SSSR count). The molecule has 5 unspecified atom stereocenters. The van der Waals surface area contributed by atoms with E-state index in [1.165, 1.54) is 26.4 Å². The lowest BCUT2D eigenvalue weighted by molar-refractivity contribution is -0.141. The van der Waals surface area contributed by atoms with Crippen molar-refractivity contribution >= 4 is 5.97 Å². The first-order valence-corrected chi connectivity index (χ1v) is 9.55. The third-order valence-electron chi connectivity index (χ3n) is 7.10. The van der Waals surface area contributed by atoms with Crippen LogP contribution in [0.15, 0.2) is 12.2 Å². The standard InChI is InChI=1S/C21H36O3/c1-14(12-19(23)24-6)8-9-16-15(2)17(22)13-18-20(3,4)10-7-11-21(16,18)5/h14,16-18,22H,2,7-13H2,1,3-6H3. The van der Waals surface area contributed by atoms with Crippen LogP contribution in [0, 0.1) is 28.6 Å². The van der Waals surface area contributed by atoms with E-state index < -0.39 is 0 Å². The topological polar surface area (TPSA) is 46.5 Å². The highest BCUT2D eigenvalue weighted by Gasteiger charge is 2.54. The van der Waals surface area contributed by atoms with Crippen LogP contribution in [-0.2, 0) is 9.53 Å².